The van der Waals surface area contributed by atoms with Crippen molar-refractivity contribution in [1.82, 2.24) is 10.2 Å². The zero-order valence-electron chi connectivity index (χ0n) is 17.3. The number of para-hydroxylation sites is 1. The van der Waals surface area contributed by atoms with Gasteiger partial charge in [0, 0.05) is 24.3 Å². The molecule has 0 unspecified atom stereocenters. The van der Waals surface area contributed by atoms with Gasteiger partial charge in [0.25, 0.3) is 17.7 Å². The minimum Gasteiger partial charge on any atom is -0.348 e. The Balaban J connectivity index is 1.72. The second kappa shape index (κ2) is 9.22. The van der Waals surface area contributed by atoms with Crippen molar-refractivity contribution >= 4 is 29.3 Å². The number of amides is 4. The lowest BCUT2D eigenvalue weighted by atomic mass is 10.1. The zero-order chi connectivity index (χ0) is 22.5. The minimum atomic E-state index is -0.436. The van der Waals surface area contributed by atoms with Gasteiger partial charge < -0.3 is 10.6 Å². The second-order valence-electron chi connectivity index (χ2n) is 7.60. The van der Waals surface area contributed by atoms with Crippen LogP contribution in [0, 0.1) is 17.2 Å². The number of nitriles is 1. The maximum Gasteiger partial charge on any atom is 0.261 e. The molecule has 0 radical (unpaired) electrons. The fourth-order valence-electron chi connectivity index (χ4n) is 3.30. The largest absolute Gasteiger partial charge is 0.348 e. The number of carbonyl (C=O) groups is 4. The van der Waals surface area contributed by atoms with E-state index in [2.05, 4.69) is 10.6 Å². The van der Waals surface area contributed by atoms with Gasteiger partial charge in [0.1, 0.15) is 6.42 Å². The first-order chi connectivity index (χ1) is 14.8. The molecule has 2 N–H and O–H groups in total. The van der Waals surface area contributed by atoms with Crippen LogP contribution in [-0.2, 0) is 11.3 Å². The molecule has 3 rings (SSSR count). The molecular weight excluding hydrogens is 396 g/mol. The summed E-state index contributed by atoms with van der Waals surface area (Å²) in [5, 5.41) is 14.0. The van der Waals surface area contributed by atoms with Crippen molar-refractivity contribution in [3.8, 4) is 6.07 Å². The molecule has 4 amide bonds. The summed E-state index contributed by atoms with van der Waals surface area (Å²) >= 11 is 0. The number of hydrogen-bond acceptors (Lipinski definition) is 5. The fraction of sp³-hybridized carbons (Fsp3) is 0.261. The van der Waals surface area contributed by atoms with E-state index in [4.69, 9.17) is 5.26 Å². The Morgan fingerprint density at radius 1 is 1.06 bits per heavy atom. The van der Waals surface area contributed by atoms with Crippen LogP contribution in [0.25, 0.3) is 0 Å². The number of nitrogens with one attached hydrogen (secondary N) is 2. The van der Waals surface area contributed by atoms with Crippen molar-refractivity contribution in [3.05, 3.63) is 64.7 Å². The van der Waals surface area contributed by atoms with Crippen LogP contribution in [0.2, 0.25) is 0 Å². The summed E-state index contributed by atoms with van der Waals surface area (Å²) in [5.74, 6) is -1.45. The van der Waals surface area contributed by atoms with E-state index < -0.39 is 17.7 Å². The molecule has 8 heteroatoms. The molecule has 0 spiro atoms. The first kappa shape index (κ1) is 21.7. The number of nitrogens with zero attached hydrogens (tertiary/aromatic N) is 2. The number of anilines is 1. The maximum absolute atomic E-state index is 12.6. The summed E-state index contributed by atoms with van der Waals surface area (Å²) in [6, 6.07) is 13.2. The Labute approximate surface area is 179 Å². The lowest BCUT2D eigenvalue weighted by Crippen LogP contribution is -2.33. The van der Waals surface area contributed by atoms with Gasteiger partial charge in [0.15, 0.2) is 0 Å². The van der Waals surface area contributed by atoms with Gasteiger partial charge in [-0.05, 0) is 35.7 Å². The molecule has 158 valence electrons. The molecule has 1 heterocycles. The van der Waals surface area contributed by atoms with E-state index in [-0.39, 0.29) is 35.9 Å². The van der Waals surface area contributed by atoms with E-state index in [1.807, 2.05) is 13.8 Å². The Kier molecular flexibility index (Phi) is 6.46. The van der Waals surface area contributed by atoms with E-state index in [1.54, 1.807) is 30.3 Å². The Bertz CT molecular complexity index is 1100. The number of fused-ring (bicyclic) bond motifs is 1. The van der Waals surface area contributed by atoms with Crippen molar-refractivity contribution in [2.75, 3.05) is 11.9 Å². The summed E-state index contributed by atoms with van der Waals surface area (Å²) in [5.41, 5.74) is 1.95. The molecule has 0 bridgehead atoms. The summed E-state index contributed by atoms with van der Waals surface area (Å²) in [6.07, 6.45) is -0.267. The van der Waals surface area contributed by atoms with E-state index in [9.17, 15) is 19.2 Å². The van der Waals surface area contributed by atoms with E-state index in [0.717, 1.165) is 0 Å². The third-order valence-corrected chi connectivity index (χ3v) is 4.75. The van der Waals surface area contributed by atoms with Crippen LogP contribution in [0.1, 0.15) is 56.9 Å². The molecular formula is C23H22N4O4. The van der Waals surface area contributed by atoms with Gasteiger partial charge in [0.05, 0.1) is 17.2 Å². The third kappa shape index (κ3) is 4.78. The van der Waals surface area contributed by atoms with Gasteiger partial charge in [-0.1, -0.05) is 32.0 Å². The van der Waals surface area contributed by atoms with Crippen molar-refractivity contribution < 1.29 is 19.2 Å². The Morgan fingerprint density at radius 3 is 2.48 bits per heavy atom. The van der Waals surface area contributed by atoms with E-state index >= 15 is 0 Å². The van der Waals surface area contributed by atoms with E-state index in [1.165, 1.54) is 23.1 Å². The Hall–Kier alpha value is -3.99. The van der Waals surface area contributed by atoms with Gasteiger partial charge >= 0.3 is 0 Å². The molecule has 2 aromatic rings. The molecule has 0 aromatic heterocycles. The molecule has 0 saturated heterocycles. The normalized spacial score (nSPS) is 12.5. The van der Waals surface area contributed by atoms with Gasteiger partial charge in [-0.3, -0.25) is 24.1 Å². The summed E-state index contributed by atoms with van der Waals surface area (Å²) in [4.78, 5) is 50.6. The summed E-state index contributed by atoms with van der Waals surface area (Å²) in [7, 11) is 0. The molecule has 0 aliphatic carbocycles. The predicted molar refractivity (Wildman–Crippen MR) is 113 cm³/mol. The van der Waals surface area contributed by atoms with Crippen LogP contribution in [0.4, 0.5) is 5.69 Å². The SMILES string of the molecule is CC(C)CN1C(=O)c2ccc(C(=O)NCc3ccccc3NC(=O)CC#N)cc2C1=O. The summed E-state index contributed by atoms with van der Waals surface area (Å²) in [6.45, 7) is 4.29. The van der Waals surface area contributed by atoms with Crippen LogP contribution in [0.5, 0.6) is 0 Å². The van der Waals surface area contributed by atoms with Crippen LogP contribution in [0.3, 0.4) is 0 Å². The third-order valence-electron chi connectivity index (χ3n) is 4.75. The quantitative estimate of drug-likeness (QED) is 0.670. The highest BCUT2D eigenvalue weighted by Crippen LogP contribution is 2.25. The monoisotopic (exact) mass is 418 g/mol. The predicted octanol–water partition coefficient (Wildman–Crippen LogP) is 2.72. The smallest absolute Gasteiger partial charge is 0.261 e. The molecule has 0 saturated carbocycles. The topological polar surface area (TPSA) is 119 Å². The highest BCUT2D eigenvalue weighted by atomic mass is 16.2. The van der Waals surface area contributed by atoms with Crippen molar-refractivity contribution in [2.45, 2.75) is 26.8 Å². The number of rotatable bonds is 7. The van der Waals surface area contributed by atoms with Crippen molar-refractivity contribution in [1.29, 1.82) is 5.26 Å². The lowest BCUT2D eigenvalue weighted by molar-refractivity contribution is -0.115. The molecule has 31 heavy (non-hydrogen) atoms. The highest BCUT2D eigenvalue weighted by Gasteiger charge is 2.36. The number of carbonyl (C=O) groups excluding carboxylic acids is 4. The molecule has 1 aliphatic rings. The molecule has 1 aliphatic heterocycles. The lowest BCUT2D eigenvalue weighted by Gasteiger charge is -2.15. The van der Waals surface area contributed by atoms with Gasteiger partial charge in [-0.15, -0.1) is 0 Å². The molecule has 0 atom stereocenters. The molecule has 2 aromatic carbocycles. The Morgan fingerprint density at radius 2 is 1.77 bits per heavy atom. The number of benzene rings is 2. The number of imide groups is 1. The van der Waals surface area contributed by atoms with Crippen LogP contribution in [-0.4, -0.2) is 35.1 Å². The van der Waals surface area contributed by atoms with Crippen molar-refractivity contribution in [3.63, 3.8) is 0 Å². The van der Waals surface area contributed by atoms with Gasteiger partial charge in [0.2, 0.25) is 5.91 Å². The first-order valence-corrected chi connectivity index (χ1v) is 9.85. The van der Waals surface area contributed by atoms with E-state index in [0.29, 0.717) is 23.4 Å². The molecule has 8 nitrogen and oxygen atoms in total. The van der Waals surface area contributed by atoms with Crippen molar-refractivity contribution in [2.24, 2.45) is 5.92 Å². The van der Waals surface area contributed by atoms with Gasteiger partial charge in [-0.25, -0.2) is 0 Å². The zero-order valence-corrected chi connectivity index (χ0v) is 17.3. The minimum absolute atomic E-state index is 0.130. The first-order valence-electron chi connectivity index (χ1n) is 9.85. The van der Waals surface area contributed by atoms with Gasteiger partial charge in [-0.2, -0.15) is 5.26 Å². The molecule has 0 fully saturated rings. The fourth-order valence-corrected chi connectivity index (χ4v) is 3.30. The maximum atomic E-state index is 12.6. The average molecular weight is 418 g/mol. The average Bonchev–Trinajstić information content (AvgIpc) is 2.97. The van der Waals surface area contributed by atoms with Crippen LogP contribution >= 0.6 is 0 Å². The van der Waals surface area contributed by atoms with Crippen LogP contribution < -0.4 is 10.6 Å². The highest BCUT2D eigenvalue weighted by molar-refractivity contribution is 6.22. The summed E-state index contributed by atoms with van der Waals surface area (Å²) < 4.78 is 0. The van der Waals surface area contributed by atoms with Crippen LogP contribution in [0.15, 0.2) is 42.5 Å². The second-order valence-corrected chi connectivity index (χ2v) is 7.60. The number of hydrogen-bond donors (Lipinski definition) is 2. The standard InChI is InChI=1S/C23H22N4O4/c1-14(2)13-27-22(30)17-8-7-15(11-18(17)23(27)31)21(29)25-12-16-5-3-4-6-19(16)26-20(28)9-10-24/h3-8,11,14H,9,12-13H2,1-2H3,(H,25,29)(H,26,28).